The highest BCUT2D eigenvalue weighted by molar-refractivity contribution is 6.42. The van der Waals surface area contributed by atoms with Gasteiger partial charge >= 0.3 is 6.18 Å². The lowest BCUT2D eigenvalue weighted by Crippen LogP contribution is -2.38. The first-order valence-corrected chi connectivity index (χ1v) is 9.82. The fourth-order valence-corrected chi connectivity index (χ4v) is 3.91. The first-order valence-electron chi connectivity index (χ1n) is 9.07. The van der Waals surface area contributed by atoms with Crippen molar-refractivity contribution in [2.24, 2.45) is 0 Å². The summed E-state index contributed by atoms with van der Waals surface area (Å²) in [7, 11) is 1.48. The van der Waals surface area contributed by atoms with E-state index in [1.807, 2.05) is 0 Å². The molecule has 4 nitrogen and oxygen atoms in total. The molecule has 4 rings (SSSR count). The van der Waals surface area contributed by atoms with Crippen LogP contribution in [0.1, 0.15) is 11.3 Å². The maximum atomic E-state index is 14.2. The monoisotopic (exact) mass is 471 g/mol. The molecule has 0 saturated heterocycles. The molecule has 1 aliphatic rings. The van der Waals surface area contributed by atoms with Crippen molar-refractivity contribution < 1.29 is 22.1 Å². The van der Waals surface area contributed by atoms with E-state index in [2.05, 4.69) is 5.16 Å². The fourth-order valence-electron chi connectivity index (χ4n) is 3.61. The number of nitrogens with zero attached hydrogens (tertiary/aromatic N) is 3. The van der Waals surface area contributed by atoms with Gasteiger partial charge < -0.3 is 4.52 Å². The fraction of sp³-hybridized carbons (Fsp3) is 0.190. The molecule has 1 aromatic heterocycles. The number of likely N-dealkylation sites (N-methyl/N-ethyl adjacent to an activating group) is 1. The van der Waals surface area contributed by atoms with E-state index in [0.717, 1.165) is 11.1 Å². The average Bonchev–Trinajstić information content (AvgIpc) is 3.23. The molecule has 0 saturated carbocycles. The van der Waals surface area contributed by atoms with E-state index >= 15 is 0 Å². The summed E-state index contributed by atoms with van der Waals surface area (Å²) in [4.78, 5) is 0. The molecule has 0 spiro atoms. The molecule has 0 bridgehead atoms. The number of benzene rings is 2. The molecular formula is C21H15Cl2F4N3O. The molecule has 162 valence electrons. The van der Waals surface area contributed by atoms with Crippen LogP contribution in [0.5, 0.6) is 0 Å². The molecule has 0 radical (unpaired) electrons. The molecule has 0 atom stereocenters. The molecule has 2 heterocycles. The molecule has 0 fully saturated rings. The van der Waals surface area contributed by atoms with Crippen LogP contribution >= 0.6 is 23.2 Å². The Labute approximate surface area is 185 Å². The van der Waals surface area contributed by atoms with Crippen LogP contribution in [0.3, 0.4) is 0 Å². The van der Waals surface area contributed by atoms with E-state index in [0.29, 0.717) is 21.8 Å². The third kappa shape index (κ3) is 3.91. The Morgan fingerprint density at radius 1 is 1.06 bits per heavy atom. The maximum absolute atomic E-state index is 14.2. The second kappa shape index (κ2) is 7.85. The molecule has 2 aromatic carbocycles. The Morgan fingerprint density at radius 3 is 2.45 bits per heavy atom. The standard InChI is InChI=1S/C21H15Cl2F4N3O/c1-11-18(12-6-7-16(22)17(23)8-12)28-31-19(11)15-10-29(2)30(20(15)21(25,26)27)14-5-3-4-13(24)9-14/h3-9H,10H2,1-2H3. The van der Waals surface area contributed by atoms with Gasteiger partial charge in [-0.05, 0) is 37.3 Å². The minimum absolute atomic E-state index is 0.000787. The SMILES string of the molecule is Cc1c(-c2ccc(Cl)c(Cl)c2)noc1C1=C(C(F)(F)F)N(c2cccc(F)c2)N(C)C1. The molecular weight excluding hydrogens is 457 g/mol. The molecule has 0 unspecified atom stereocenters. The Hall–Kier alpha value is -2.55. The van der Waals surface area contributed by atoms with Gasteiger partial charge in [0.2, 0.25) is 0 Å². The van der Waals surface area contributed by atoms with Crippen molar-refractivity contribution >= 4 is 34.5 Å². The van der Waals surface area contributed by atoms with E-state index in [1.165, 1.54) is 30.3 Å². The van der Waals surface area contributed by atoms with E-state index in [-0.39, 0.29) is 28.6 Å². The Balaban J connectivity index is 1.86. The number of allylic oxidation sites excluding steroid dienone is 1. The van der Waals surface area contributed by atoms with Crippen molar-refractivity contribution in [2.45, 2.75) is 13.1 Å². The summed E-state index contributed by atoms with van der Waals surface area (Å²) in [6, 6.07) is 9.76. The van der Waals surface area contributed by atoms with Crippen LogP contribution < -0.4 is 5.01 Å². The highest BCUT2D eigenvalue weighted by Gasteiger charge is 2.47. The van der Waals surface area contributed by atoms with Crippen LogP contribution in [0.15, 0.2) is 52.7 Å². The van der Waals surface area contributed by atoms with Crippen molar-refractivity contribution in [1.29, 1.82) is 0 Å². The predicted octanol–water partition coefficient (Wildman–Crippen LogP) is 6.74. The number of hydrogen-bond acceptors (Lipinski definition) is 4. The molecule has 0 amide bonds. The highest BCUT2D eigenvalue weighted by atomic mass is 35.5. The minimum Gasteiger partial charge on any atom is -0.356 e. The van der Waals surface area contributed by atoms with Crippen LogP contribution in [-0.2, 0) is 0 Å². The lowest BCUT2D eigenvalue weighted by molar-refractivity contribution is -0.0945. The van der Waals surface area contributed by atoms with E-state index in [4.69, 9.17) is 27.7 Å². The zero-order valence-electron chi connectivity index (χ0n) is 16.3. The van der Waals surface area contributed by atoms with Crippen molar-refractivity contribution in [3.63, 3.8) is 0 Å². The second-order valence-corrected chi connectivity index (χ2v) is 7.86. The predicted molar refractivity (Wildman–Crippen MR) is 111 cm³/mol. The number of aromatic nitrogens is 1. The van der Waals surface area contributed by atoms with Crippen LogP contribution in [-0.4, -0.2) is 29.9 Å². The van der Waals surface area contributed by atoms with Crippen LogP contribution in [0.4, 0.5) is 23.2 Å². The van der Waals surface area contributed by atoms with Crippen LogP contribution in [0, 0.1) is 12.7 Å². The first-order chi connectivity index (χ1) is 14.6. The zero-order chi connectivity index (χ0) is 22.5. The van der Waals surface area contributed by atoms with Gasteiger partial charge in [0.1, 0.15) is 17.2 Å². The van der Waals surface area contributed by atoms with Gasteiger partial charge in [0.25, 0.3) is 0 Å². The molecule has 3 aromatic rings. The van der Waals surface area contributed by atoms with Crippen LogP contribution in [0.2, 0.25) is 10.0 Å². The normalized spacial score (nSPS) is 15.3. The van der Waals surface area contributed by atoms with Crippen molar-refractivity contribution in [3.8, 4) is 11.3 Å². The quantitative estimate of drug-likeness (QED) is 0.396. The van der Waals surface area contributed by atoms with Gasteiger partial charge in [-0.25, -0.2) is 9.40 Å². The summed E-state index contributed by atoms with van der Waals surface area (Å²) in [5.74, 6) is -0.641. The maximum Gasteiger partial charge on any atom is 0.433 e. The molecule has 10 heteroatoms. The summed E-state index contributed by atoms with van der Waals surface area (Å²) < 4.78 is 61.5. The van der Waals surface area contributed by atoms with Gasteiger partial charge in [-0.1, -0.05) is 40.5 Å². The summed E-state index contributed by atoms with van der Waals surface area (Å²) in [5.41, 5.74) is 0.325. The van der Waals surface area contributed by atoms with Gasteiger partial charge in [0.05, 0.1) is 15.7 Å². The summed E-state index contributed by atoms with van der Waals surface area (Å²) in [5, 5.41) is 6.88. The Kier molecular flexibility index (Phi) is 5.49. The van der Waals surface area contributed by atoms with Crippen molar-refractivity contribution in [3.05, 3.63) is 75.3 Å². The van der Waals surface area contributed by atoms with E-state index in [9.17, 15) is 17.6 Å². The summed E-state index contributed by atoms with van der Waals surface area (Å²) >= 11 is 12.0. The molecule has 1 aliphatic heterocycles. The summed E-state index contributed by atoms with van der Waals surface area (Å²) in [6.45, 7) is 1.51. The van der Waals surface area contributed by atoms with E-state index < -0.39 is 17.7 Å². The lowest BCUT2D eigenvalue weighted by Gasteiger charge is -2.30. The number of halogens is 6. The van der Waals surface area contributed by atoms with Gasteiger partial charge in [0.15, 0.2) is 5.76 Å². The number of anilines is 1. The highest BCUT2D eigenvalue weighted by Crippen LogP contribution is 2.44. The lowest BCUT2D eigenvalue weighted by atomic mass is 10.0. The second-order valence-electron chi connectivity index (χ2n) is 7.05. The van der Waals surface area contributed by atoms with Gasteiger partial charge in [-0.3, -0.25) is 5.01 Å². The Bertz CT molecular complexity index is 1190. The number of hydrazine groups is 1. The van der Waals surface area contributed by atoms with Crippen LogP contribution in [0.25, 0.3) is 16.8 Å². The molecule has 0 aliphatic carbocycles. The van der Waals surface area contributed by atoms with Gasteiger partial charge in [-0.2, -0.15) is 13.2 Å². The number of hydrogen-bond donors (Lipinski definition) is 0. The Morgan fingerprint density at radius 2 is 1.81 bits per heavy atom. The summed E-state index contributed by atoms with van der Waals surface area (Å²) in [6.07, 6.45) is -4.73. The van der Waals surface area contributed by atoms with Gasteiger partial charge in [0, 0.05) is 30.3 Å². The number of rotatable bonds is 3. The average molecular weight is 472 g/mol. The molecule has 0 N–H and O–H groups in total. The topological polar surface area (TPSA) is 32.5 Å². The minimum atomic E-state index is -4.73. The zero-order valence-corrected chi connectivity index (χ0v) is 17.8. The smallest absolute Gasteiger partial charge is 0.356 e. The number of alkyl halides is 3. The van der Waals surface area contributed by atoms with Gasteiger partial charge in [-0.15, -0.1) is 0 Å². The third-order valence-electron chi connectivity index (χ3n) is 4.94. The first kappa shape index (κ1) is 21.7. The molecule has 31 heavy (non-hydrogen) atoms. The van der Waals surface area contributed by atoms with Crippen molar-refractivity contribution in [1.82, 2.24) is 10.2 Å². The largest absolute Gasteiger partial charge is 0.433 e. The van der Waals surface area contributed by atoms with E-state index in [1.54, 1.807) is 25.1 Å². The van der Waals surface area contributed by atoms with Crippen molar-refractivity contribution in [2.75, 3.05) is 18.6 Å². The third-order valence-corrected chi connectivity index (χ3v) is 5.68.